The Morgan fingerprint density at radius 3 is 2.40 bits per heavy atom. The van der Waals surface area contributed by atoms with Gasteiger partial charge in [0.25, 0.3) is 0 Å². The largest absolute Gasteiger partial charge is 0.392 e. The van der Waals surface area contributed by atoms with E-state index in [1.54, 1.807) is 30.3 Å². The molecule has 0 bridgehead atoms. The van der Waals surface area contributed by atoms with E-state index in [0.29, 0.717) is 12.0 Å². The predicted molar refractivity (Wildman–Crippen MR) is 71.3 cm³/mol. The van der Waals surface area contributed by atoms with Crippen LogP contribution in [0.25, 0.3) is 0 Å². The van der Waals surface area contributed by atoms with Crippen molar-refractivity contribution in [3.63, 3.8) is 0 Å². The zero-order valence-electron chi connectivity index (χ0n) is 11.2. The smallest absolute Gasteiger partial charge is 0.390 e. The number of nitrogens with one attached hydrogen (secondary N) is 1. The van der Waals surface area contributed by atoms with E-state index in [-0.39, 0.29) is 6.04 Å². The molecule has 1 fully saturated rings. The molecular formula is C15H20F3NO. The Bertz CT molecular complexity index is 407. The first-order chi connectivity index (χ1) is 9.46. The molecule has 0 spiro atoms. The van der Waals surface area contributed by atoms with E-state index in [0.717, 1.165) is 19.3 Å². The van der Waals surface area contributed by atoms with Gasteiger partial charge in [0.1, 0.15) is 0 Å². The Morgan fingerprint density at radius 2 is 1.80 bits per heavy atom. The third kappa shape index (κ3) is 4.49. The summed E-state index contributed by atoms with van der Waals surface area (Å²) in [6.07, 6.45) is -2.43. The number of hydrogen-bond donors (Lipinski definition) is 2. The molecule has 1 aromatic carbocycles. The normalized spacial score (nSPS) is 25.4. The van der Waals surface area contributed by atoms with Crippen LogP contribution >= 0.6 is 0 Å². The molecule has 5 heteroatoms. The van der Waals surface area contributed by atoms with Gasteiger partial charge in [-0.2, -0.15) is 13.2 Å². The number of aliphatic hydroxyl groups excluding tert-OH is 1. The van der Waals surface area contributed by atoms with Crippen molar-refractivity contribution in [2.24, 2.45) is 0 Å². The summed E-state index contributed by atoms with van der Waals surface area (Å²) >= 11 is 0. The highest BCUT2D eigenvalue weighted by molar-refractivity contribution is 5.19. The van der Waals surface area contributed by atoms with Crippen LogP contribution in [-0.2, 0) is 0 Å². The van der Waals surface area contributed by atoms with Crippen LogP contribution in [0.1, 0.15) is 43.7 Å². The molecule has 3 unspecified atom stereocenters. The molecule has 1 aliphatic rings. The van der Waals surface area contributed by atoms with Gasteiger partial charge >= 0.3 is 6.18 Å². The van der Waals surface area contributed by atoms with Gasteiger partial charge in [-0.25, -0.2) is 0 Å². The van der Waals surface area contributed by atoms with Crippen molar-refractivity contribution < 1.29 is 18.3 Å². The molecular weight excluding hydrogens is 267 g/mol. The van der Waals surface area contributed by atoms with Crippen LogP contribution in [0.2, 0.25) is 0 Å². The quantitative estimate of drug-likeness (QED) is 0.887. The van der Waals surface area contributed by atoms with Gasteiger partial charge in [-0.1, -0.05) is 43.2 Å². The third-order valence-electron chi connectivity index (χ3n) is 3.78. The van der Waals surface area contributed by atoms with E-state index < -0.39 is 24.7 Å². The first-order valence-electron chi connectivity index (χ1n) is 7.01. The molecule has 0 amide bonds. The van der Waals surface area contributed by atoms with Crippen molar-refractivity contribution >= 4 is 0 Å². The Labute approximate surface area is 117 Å². The minimum absolute atomic E-state index is 0.253. The molecule has 0 aromatic heterocycles. The molecule has 3 atom stereocenters. The standard InChI is InChI=1S/C15H20F3NO/c16-15(17,18)10-13(11-6-2-1-3-7-11)19-12-8-4-5-9-14(12)20/h1-3,6-7,12-14,19-20H,4-5,8-10H2. The van der Waals surface area contributed by atoms with E-state index in [1.807, 2.05) is 0 Å². The minimum Gasteiger partial charge on any atom is -0.392 e. The van der Waals surface area contributed by atoms with Crippen molar-refractivity contribution in [1.82, 2.24) is 5.32 Å². The van der Waals surface area contributed by atoms with Crippen molar-refractivity contribution in [1.29, 1.82) is 0 Å². The Morgan fingerprint density at radius 1 is 1.15 bits per heavy atom. The van der Waals surface area contributed by atoms with E-state index in [4.69, 9.17) is 0 Å². The summed E-state index contributed by atoms with van der Waals surface area (Å²) in [4.78, 5) is 0. The lowest BCUT2D eigenvalue weighted by molar-refractivity contribution is -0.141. The number of benzene rings is 1. The lowest BCUT2D eigenvalue weighted by Crippen LogP contribution is -2.44. The lowest BCUT2D eigenvalue weighted by Gasteiger charge is -2.33. The van der Waals surface area contributed by atoms with E-state index in [9.17, 15) is 18.3 Å². The zero-order valence-corrected chi connectivity index (χ0v) is 11.2. The second-order valence-electron chi connectivity index (χ2n) is 5.41. The maximum Gasteiger partial charge on any atom is 0.390 e. The molecule has 0 heterocycles. The molecule has 112 valence electrons. The summed E-state index contributed by atoms with van der Waals surface area (Å²) in [6, 6.07) is 7.58. The summed E-state index contributed by atoms with van der Waals surface area (Å²) in [7, 11) is 0. The number of alkyl halides is 3. The van der Waals surface area contributed by atoms with Crippen molar-refractivity contribution in [2.75, 3.05) is 0 Å². The Kier molecular flexibility index (Phi) is 5.05. The molecule has 2 nitrogen and oxygen atoms in total. The summed E-state index contributed by atoms with van der Waals surface area (Å²) in [5.41, 5.74) is 0.614. The number of hydrogen-bond acceptors (Lipinski definition) is 2. The Balaban J connectivity index is 2.10. The minimum atomic E-state index is -4.23. The first-order valence-corrected chi connectivity index (χ1v) is 7.01. The lowest BCUT2D eigenvalue weighted by atomic mass is 9.91. The average molecular weight is 287 g/mol. The van der Waals surface area contributed by atoms with Crippen molar-refractivity contribution in [3.05, 3.63) is 35.9 Å². The number of halogens is 3. The zero-order chi connectivity index (χ0) is 14.6. The van der Waals surface area contributed by atoms with Gasteiger partial charge in [-0.15, -0.1) is 0 Å². The fourth-order valence-corrected chi connectivity index (χ4v) is 2.75. The van der Waals surface area contributed by atoms with Crippen LogP contribution < -0.4 is 5.32 Å². The molecule has 1 saturated carbocycles. The van der Waals surface area contributed by atoms with Crippen LogP contribution in [0.15, 0.2) is 30.3 Å². The van der Waals surface area contributed by atoms with Crippen LogP contribution in [-0.4, -0.2) is 23.4 Å². The summed E-state index contributed by atoms with van der Waals surface area (Å²) in [5, 5.41) is 12.9. The monoisotopic (exact) mass is 287 g/mol. The van der Waals surface area contributed by atoms with E-state index in [2.05, 4.69) is 5.32 Å². The van der Waals surface area contributed by atoms with Crippen molar-refractivity contribution in [3.8, 4) is 0 Å². The SMILES string of the molecule is OC1CCCCC1NC(CC(F)(F)F)c1ccccc1. The Hall–Kier alpha value is -1.07. The summed E-state index contributed by atoms with van der Waals surface area (Å²) in [6.45, 7) is 0. The second kappa shape index (κ2) is 6.59. The van der Waals surface area contributed by atoms with Gasteiger partial charge in [0, 0.05) is 12.1 Å². The molecule has 1 aliphatic carbocycles. The van der Waals surface area contributed by atoms with Crippen LogP contribution in [0.4, 0.5) is 13.2 Å². The highest BCUT2D eigenvalue weighted by Crippen LogP contribution is 2.31. The van der Waals surface area contributed by atoms with E-state index >= 15 is 0 Å². The fourth-order valence-electron chi connectivity index (χ4n) is 2.75. The summed E-state index contributed by atoms with van der Waals surface area (Å²) in [5.74, 6) is 0. The predicted octanol–water partition coefficient (Wildman–Crippen LogP) is 3.57. The molecule has 1 aromatic rings. The maximum absolute atomic E-state index is 12.7. The number of aliphatic hydroxyl groups is 1. The van der Waals surface area contributed by atoms with E-state index in [1.165, 1.54) is 0 Å². The fraction of sp³-hybridized carbons (Fsp3) is 0.600. The average Bonchev–Trinajstić information content (AvgIpc) is 2.40. The van der Waals surface area contributed by atoms with Crippen molar-refractivity contribution in [2.45, 2.75) is 56.5 Å². The van der Waals surface area contributed by atoms with Gasteiger partial charge in [0.2, 0.25) is 0 Å². The summed E-state index contributed by atoms with van der Waals surface area (Å²) < 4.78 is 38.2. The van der Waals surface area contributed by atoms with Gasteiger partial charge in [-0.05, 0) is 18.4 Å². The number of rotatable bonds is 4. The molecule has 0 saturated heterocycles. The van der Waals surface area contributed by atoms with Gasteiger partial charge in [0.05, 0.1) is 12.5 Å². The molecule has 2 N–H and O–H groups in total. The molecule has 0 radical (unpaired) electrons. The van der Waals surface area contributed by atoms with Gasteiger partial charge in [-0.3, -0.25) is 0 Å². The van der Waals surface area contributed by atoms with Crippen LogP contribution in [0.3, 0.4) is 0 Å². The van der Waals surface area contributed by atoms with Crippen LogP contribution in [0.5, 0.6) is 0 Å². The van der Waals surface area contributed by atoms with Gasteiger partial charge < -0.3 is 10.4 Å². The first kappa shape index (κ1) is 15.3. The topological polar surface area (TPSA) is 32.3 Å². The molecule has 0 aliphatic heterocycles. The molecule has 20 heavy (non-hydrogen) atoms. The maximum atomic E-state index is 12.7. The third-order valence-corrected chi connectivity index (χ3v) is 3.78. The highest BCUT2D eigenvalue weighted by atomic mass is 19.4. The van der Waals surface area contributed by atoms with Crippen LogP contribution in [0, 0.1) is 0 Å². The second-order valence-corrected chi connectivity index (χ2v) is 5.41. The molecule has 2 rings (SSSR count). The van der Waals surface area contributed by atoms with Gasteiger partial charge in [0.15, 0.2) is 0 Å². The highest BCUT2D eigenvalue weighted by Gasteiger charge is 2.35.